The Bertz CT molecular complexity index is 1140. The Labute approximate surface area is 183 Å². The van der Waals surface area contributed by atoms with E-state index in [1.54, 1.807) is 0 Å². The van der Waals surface area contributed by atoms with E-state index in [0.717, 1.165) is 19.1 Å². The lowest BCUT2D eigenvalue weighted by Gasteiger charge is -2.33. The summed E-state index contributed by atoms with van der Waals surface area (Å²) in [6.45, 7) is 2.22. The van der Waals surface area contributed by atoms with Crippen LogP contribution in [-0.4, -0.2) is 37.5 Å². The summed E-state index contributed by atoms with van der Waals surface area (Å²) in [4.78, 5) is 12.0. The van der Waals surface area contributed by atoms with Gasteiger partial charge in [-0.2, -0.15) is 26.3 Å². The SMILES string of the molecule is CCS(=O)(=O)c1ccc(C(C(N)=O)c2ccc(C(O)(C(F)(F)F)C(F)(F)F)c(F)c2C)cc1. The van der Waals surface area contributed by atoms with Gasteiger partial charge in [0.15, 0.2) is 9.84 Å². The third-order valence-corrected chi connectivity index (χ3v) is 6.94. The van der Waals surface area contributed by atoms with Crippen molar-refractivity contribution in [3.05, 3.63) is 64.5 Å². The van der Waals surface area contributed by atoms with Crippen LogP contribution in [0.3, 0.4) is 0 Å². The molecule has 0 spiro atoms. The Kier molecular flexibility index (Phi) is 6.92. The molecule has 1 amide bonds. The molecule has 2 rings (SSSR count). The summed E-state index contributed by atoms with van der Waals surface area (Å²) in [7, 11) is -3.61. The minimum absolute atomic E-state index is 0.0229. The largest absolute Gasteiger partial charge is 0.430 e. The first-order chi connectivity index (χ1) is 14.9. The Morgan fingerprint density at radius 3 is 1.88 bits per heavy atom. The molecule has 0 heterocycles. The summed E-state index contributed by atoms with van der Waals surface area (Å²) in [5.41, 5.74) is -3.36. The highest BCUT2D eigenvalue weighted by Gasteiger charge is 2.72. The topological polar surface area (TPSA) is 97.5 Å². The van der Waals surface area contributed by atoms with Gasteiger partial charge in [-0.25, -0.2) is 12.8 Å². The Balaban J connectivity index is 2.69. The number of carbonyl (C=O) groups is 1. The molecule has 3 N–H and O–H groups in total. The number of primary amides is 1. The van der Waals surface area contributed by atoms with Gasteiger partial charge in [-0.3, -0.25) is 4.79 Å². The van der Waals surface area contributed by atoms with E-state index >= 15 is 0 Å². The second-order valence-electron chi connectivity index (χ2n) is 7.16. The molecule has 0 saturated heterocycles. The van der Waals surface area contributed by atoms with Crippen molar-refractivity contribution in [1.82, 2.24) is 0 Å². The molecule has 0 radical (unpaired) electrons. The highest BCUT2D eigenvalue weighted by Crippen LogP contribution is 2.51. The van der Waals surface area contributed by atoms with Gasteiger partial charge in [0, 0.05) is 5.56 Å². The van der Waals surface area contributed by atoms with Crippen LogP contribution >= 0.6 is 0 Å². The van der Waals surface area contributed by atoms with Gasteiger partial charge >= 0.3 is 12.4 Å². The van der Waals surface area contributed by atoms with Gasteiger partial charge in [0.25, 0.3) is 5.60 Å². The molecule has 1 unspecified atom stereocenters. The predicted molar refractivity (Wildman–Crippen MR) is 102 cm³/mol. The molecule has 0 aliphatic heterocycles. The molecular weight excluding hydrogens is 483 g/mol. The molecule has 182 valence electrons. The first kappa shape index (κ1) is 26.6. The van der Waals surface area contributed by atoms with E-state index in [1.165, 1.54) is 19.1 Å². The van der Waals surface area contributed by atoms with Gasteiger partial charge in [0.2, 0.25) is 5.91 Å². The highest BCUT2D eigenvalue weighted by atomic mass is 32.2. The zero-order valence-corrected chi connectivity index (χ0v) is 17.9. The van der Waals surface area contributed by atoms with Crippen LogP contribution in [0.15, 0.2) is 41.3 Å². The quantitative estimate of drug-likeness (QED) is 0.588. The molecule has 1 atom stereocenters. The third-order valence-electron chi connectivity index (χ3n) is 5.19. The fraction of sp³-hybridized carbons (Fsp3) is 0.350. The van der Waals surface area contributed by atoms with Crippen molar-refractivity contribution < 1.29 is 49.1 Å². The third kappa shape index (κ3) is 4.56. The average Bonchev–Trinajstić information content (AvgIpc) is 2.69. The van der Waals surface area contributed by atoms with Crippen LogP contribution in [-0.2, 0) is 20.2 Å². The maximum absolute atomic E-state index is 14.8. The van der Waals surface area contributed by atoms with E-state index in [1.807, 2.05) is 0 Å². The molecule has 0 aliphatic carbocycles. The molecule has 2 aromatic carbocycles. The molecule has 0 saturated carbocycles. The minimum Gasteiger partial charge on any atom is -0.369 e. The molecule has 2 aromatic rings. The second-order valence-corrected chi connectivity index (χ2v) is 9.43. The van der Waals surface area contributed by atoms with Gasteiger partial charge in [-0.15, -0.1) is 0 Å². The number of hydrogen-bond donors (Lipinski definition) is 2. The number of carbonyl (C=O) groups excluding carboxylic acids is 1. The van der Waals surface area contributed by atoms with Crippen LogP contribution in [0.25, 0.3) is 0 Å². The number of amides is 1. The fourth-order valence-electron chi connectivity index (χ4n) is 3.29. The van der Waals surface area contributed by atoms with Gasteiger partial charge < -0.3 is 10.8 Å². The standard InChI is InChI=1S/C20H18F7NO4S/c1-3-33(31,32)12-6-4-11(5-7-12)15(17(28)29)13-8-9-14(16(21)10(13)2)18(30,19(22,23)24)20(25,26)27/h4-9,15,30H,3H2,1-2H3,(H2,28,29). The summed E-state index contributed by atoms with van der Waals surface area (Å²) >= 11 is 0. The van der Waals surface area contributed by atoms with Crippen LogP contribution in [0.2, 0.25) is 0 Å². The molecule has 0 fully saturated rings. The second kappa shape index (κ2) is 8.60. The van der Waals surface area contributed by atoms with E-state index < -0.39 is 56.6 Å². The number of aliphatic hydroxyl groups is 1. The van der Waals surface area contributed by atoms with Crippen molar-refractivity contribution in [1.29, 1.82) is 0 Å². The number of benzene rings is 2. The van der Waals surface area contributed by atoms with E-state index in [9.17, 15) is 49.1 Å². The number of sulfone groups is 1. The predicted octanol–water partition coefficient (Wildman–Crippen LogP) is 3.86. The van der Waals surface area contributed by atoms with Gasteiger partial charge in [0.1, 0.15) is 5.82 Å². The van der Waals surface area contributed by atoms with Gasteiger partial charge in [0.05, 0.1) is 16.6 Å². The van der Waals surface area contributed by atoms with Crippen LogP contribution in [0.1, 0.15) is 35.1 Å². The van der Waals surface area contributed by atoms with Crippen molar-refractivity contribution in [2.75, 3.05) is 5.75 Å². The van der Waals surface area contributed by atoms with Crippen LogP contribution in [0, 0.1) is 12.7 Å². The molecule has 13 heteroatoms. The number of hydrogen-bond acceptors (Lipinski definition) is 4. The maximum Gasteiger partial charge on any atom is 0.430 e. The summed E-state index contributed by atoms with van der Waals surface area (Å²) in [6, 6.07) is 5.33. The van der Waals surface area contributed by atoms with Crippen molar-refractivity contribution in [2.45, 2.75) is 42.6 Å². The maximum atomic E-state index is 14.8. The number of nitrogens with two attached hydrogens (primary N) is 1. The summed E-state index contributed by atoms with van der Waals surface area (Å²) in [6.07, 6.45) is -12.6. The minimum atomic E-state index is -6.30. The first-order valence-corrected chi connectivity index (χ1v) is 10.8. The number of halogens is 7. The Hall–Kier alpha value is -2.67. The molecule has 0 aromatic heterocycles. The smallest absolute Gasteiger partial charge is 0.369 e. The van der Waals surface area contributed by atoms with Crippen molar-refractivity contribution in [2.24, 2.45) is 5.73 Å². The lowest BCUT2D eigenvalue weighted by molar-refractivity contribution is -0.377. The van der Waals surface area contributed by atoms with Crippen molar-refractivity contribution in [3.63, 3.8) is 0 Å². The zero-order chi connectivity index (χ0) is 25.6. The molecule has 0 aliphatic rings. The molecule has 5 nitrogen and oxygen atoms in total. The van der Waals surface area contributed by atoms with Gasteiger partial charge in [-0.1, -0.05) is 31.2 Å². The Morgan fingerprint density at radius 1 is 1.00 bits per heavy atom. The van der Waals surface area contributed by atoms with Crippen LogP contribution in [0.5, 0.6) is 0 Å². The average molecular weight is 501 g/mol. The number of alkyl halides is 6. The first-order valence-electron chi connectivity index (χ1n) is 9.17. The lowest BCUT2D eigenvalue weighted by atomic mass is 9.83. The molecule has 33 heavy (non-hydrogen) atoms. The summed E-state index contributed by atoms with van der Waals surface area (Å²) < 4.78 is 118. The molecule has 0 bridgehead atoms. The fourth-order valence-corrected chi connectivity index (χ4v) is 4.17. The summed E-state index contributed by atoms with van der Waals surface area (Å²) in [5, 5.41) is 9.51. The van der Waals surface area contributed by atoms with E-state index in [2.05, 4.69) is 0 Å². The summed E-state index contributed by atoms with van der Waals surface area (Å²) in [5.74, 6) is -4.91. The zero-order valence-electron chi connectivity index (χ0n) is 17.1. The van der Waals surface area contributed by atoms with E-state index in [4.69, 9.17) is 5.73 Å². The molecular formula is C20H18F7NO4S. The van der Waals surface area contributed by atoms with Crippen molar-refractivity contribution in [3.8, 4) is 0 Å². The highest BCUT2D eigenvalue weighted by molar-refractivity contribution is 7.91. The van der Waals surface area contributed by atoms with Gasteiger partial charge in [-0.05, 0) is 35.7 Å². The number of rotatable bonds is 6. The van der Waals surface area contributed by atoms with Crippen LogP contribution in [0.4, 0.5) is 30.7 Å². The van der Waals surface area contributed by atoms with E-state index in [0.29, 0.717) is 6.07 Å². The monoisotopic (exact) mass is 501 g/mol. The van der Waals surface area contributed by atoms with Crippen molar-refractivity contribution >= 4 is 15.7 Å². The van der Waals surface area contributed by atoms with Crippen LogP contribution < -0.4 is 5.73 Å². The Morgan fingerprint density at radius 2 is 1.48 bits per heavy atom. The van der Waals surface area contributed by atoms with E-state index in [-0.39, 0.29) is 27.8 Å². The normalized spacial score (nSPS) is 14.2. The lowest BCUT2D eigenvalue weighted by Crippen LogP contribution is -2.54.